The molecule has 0 unspecified atom stereocenters. The summed E-state index contributed by atoms with van der Waals surface area (Å²) in [6.45, 7) is 1.87. The Kier molecular flexibility index (Phi) is 4.07. The Labute approximate surface area is 169 Å². The van der Waals surface area contributed by atoms with Gasteiger partial charge in [0.2, 0.25) is 11.8 Å². The zero-order valence-corrected chi connectivity index (χ0v) is 16.8. The van der Waals surface area contributed by atoms with Crippen molar-refractivity contribution in [3.8, 4) is 5.75 Å². The average Bonchev–Trinajstić information content (AvgIpc) is 3.36. The molecular weight excluding hydrogens is 390 g/mol. The number of amides is 2. The van der Waals surface area contributed by atoms with Gasteiger partial charge in [-0.3, -0.25) is 9.59 Å². The van der Waals surface area contributed by atoms with Gasteiger partial charge >= 0.3 is 10.1 Å². The van der Waals surface area contributed by atoms with E-state index in [4.69, 9.17) is 4.18 Å². The van der Waals surface area contributed by atoms with Gasteiger partial charge in [0.1, 0.15) is 10.6 Å². The molecule has 0 radical (unpaired) electrons. The summed E-state index contributed by atoms with van der Waals surface area (Å²) in [6.07, 6.45) is 2.99. The first-order valence-corrected chi connectivity index (χ1v) is 11.2. The van der Waals surface area contributed by atoms with E-state index in [1.165, 1.54) is 29.2 Å². The van der Waals surface area contributed by atoms with Gasteiger partial charge in [-0.15, -0.1) is 0 Å². The van der Waals surface area contributed by atoms with Gasteiger partial charge in [0.15, 0.2) is 0 Å². The molecule has 5 rings (SSSR count). The van der Waals surface area contributed by atoms with E-state index in [0.29, 0.717) is 17.5 Å². The fourth-order valence-electron chi connectivity index (χ4n) is 5.22. The monoisotopic (exact) mass is 411 g/mol. The second-order valence-electron chi connectivity index (χ2n) is 8.24. The van der Waals surface area contributed by atoms with Gasteiger partial charge in [-0.1, -0.05) is 23.8 Å². The van der Waals surface area contributed by atoms with Gasteiger partial charge in [-0.25, -0.2) is 4.90 Å². The van der Waals surface area contributed by atoms with Crippen molar-refractivity contribution in [3.05, 3.63) is 54.1 Å². The van der Waals surface area contributed by atoms with Crippen LogP contribution in [-0.2, 0) is 19.7 Å². The number of anilines is 1. The number of hydrogen-bond acceptors (Lipinski definition) is 5. The van der Waals surface area contributed by atoms with E-state index in [2.05, 4.69) is 0 Å². The number of carbonyl (C=O) groups is 2. The lowest BCUT2D eigenvalue weighted by atomic mass is 9.81. The predicted octanol–water partition coefficient (Wildman–Crippen LogP) is 3.30. The van der Waals surface area contributed by atoms with Crippen LogP contribution in [-0.4, -0.2) is 20.2 Å². The maximum atomic E-state index is 13.0. The first-order chi connectivity index (χ1) is 13.8. The maximum Gasteiger partial charge on any atom is 0.339 e. The number of hydrogen-bond donors (Lipinski definition) is 0. The lowest BCUT2D eigenvalue weighted by molar-refractivity contribution is -0.123. The Balaban J connectivity index is 1.43. The Morgan fingerprint density at radius 2 is 1.55 bits per heavy atom. The quantitative estimate of drug-likeness (QED) is 0.570. The molecule has 1 heterocycles. The molecule has 4 atom stereocenters. The largest absolute Gasteiger partial charge is 0.379 e. The fourth-order valence-corrected chi connectivity index (χ4v) is 6.14. The number of rotatable bonds is 4. The first kappa shape index (κ1) is 18.4. The third-order valence-corrected chi connectivity index (χ3v) is 7.78. The highest BCUT2D eigenvalue weighted by atomic mass is 32.2. The molecule has 0 aromatic heterocycles. The molecule has 7 heteroatoms. The summed E-state index contributed by atoms with van der Waals surface area (Å²) in [7, 11) is -4.01. The van der Waals surface area contributed by atoms with Crippen molar-refractivity contribution in [2.75, 3.05) is 4.90 Å². The van der Waals surface area contributed by atoms with Crippen LogP contribution in [0.1, 0.15) is 24.8 Å². The van der Waals surface area contributed by atoms with Crippen molar-refractivity contribution >= 4 is 27.6 Å². The molecule has 0 N–H and O–H groups in total. The standard InChI is InChI=1S/C22H21NO5S/c1-13-5-9-18(10-6-13)29(26,27)28-17-4-2-3-16(12-17)23-21(24)19-14-7-8-15(11-14)20(19)22(23)25/h2-6,9-10,12,14-15,19-20H,7-8,11H2,1H3/t14-,15-,19+,20+/m0/s1. The minimum atomic E-state index is -4.01. The number of benzene rings is 2. The van der Waals surface area contributed by atoms with Crippen LogP contribution in [0.3, 0.4) is 0 Å². The van der Waals surface area contributed by atoms with Crippen LogP contribution in [0.15, 0.2) is 53.4 Å². The van der Waals surface area contributed by atoms with Gasteiger partial charge in [-0.05, 0) is 62.3 Å². The fraction of sp³-hybridized carbons (Fsp3) is 0.364. The van der Waals surface area contributed by atoms with Crippen LogP contribution in [0.25, 0.3) is 0 Å². The van der Waals surface area contributed by atoms with Crippen molar-refractivity contribution in [1.82, 2.24) is 0 Å². The van der Waals surface area contributed by atoms with E-state index >= 15 is 0 Å². The molecule has 29 heavy (non-hydrogen) atoms. The van der Waals surface area contributed by atoms with Crippen LogP contribution >= 0.6 is 0 Å². The van der Waals surface area contributed by atoms with Crippen LogP contribution in [0, 0.1) is 30.6 Å². The molecule has 1 aliphatic heterocycles. The van der Waals surface area contributed by atoms with Gasteiger partial charge in [0.25, 0.3) is 0 Å². The third-order valence-electron chi connectivity index (χ3n) is 6.52. The minimum absolute atomic E-state index is 0.0490. The molecule has 2 aromatic carbocycles. The van der Waals surface area contributed by atoms with Gasteiger partial charge in [0.05, 0.1) is 17.5 Å². The van der Waals surface area contributed by atoms with Crippen LogP contribution in [0.4, 0.5) is 5.69 Å². The number of fused-ring (bicyclic) bond motifs is 5. The molecule has 3 fully saturated rings. The average molecular weight is 411 g/mol. The summed E-state index contributed by atoms with van der Waals surface area (Å²) in [5, 5.41) is 0. The molecule has 2 amide bonds. The van der Waals surface area contributed by atoms with Crippen LogP contribution in [0.2, 0.25) is 0 Å². The van der Waals surface area contributed by atoms with E-state index in [1.54, 1.807) is 24.3 Å². The summed E-state index contributed by atoms with van der Waals surface area (Å²) >= 11 is 0. The molecule has 0 spiro atoms. The van der Waals surface area contributed by atoms with E-state index in [-0.39, 0.29) is 34.3 Å². The summed E-state index contributed by atoms with van der Waals surface area (Å²) in [6, 6.07) is 12.6. The number of carbonyl (C=O) groups excluding carboxylic acids is 2. The zero-order chi connectivity index (χ0) is 20.3. The normalized spacial score (nSPS) is 28.1. The molecule has 2 aromatic rings. The highest BCUT2D eigenvalue weighted by Gasteiger charge is 2.61. The molecule has 2 saturated carbocycles. The van der Waals surface area contributed by atoms with Crippen LogP contribution in [0.5, 0.6) is 5.75 Å². The predicted molar refractivity (Wildman–Crippen MR) is 106 cm³/mol. The lowest BCUT2D eigenvalue weighted by Crippen LogP contribution is -2.32. The summed E-state index contributed by atoms with van der Waals surface area (Å²) in [4.78, 5) is 27.2. The topological polar surface area (TPSA) is 80.8 Å². The molecular formula is C22H21NO5S. The smallest absolute Gasteiger partial charge is 0.339 e. The summed E-state index contributed by atoms with van der Waals surface area (Å²) in [5.41, 5.74) is 1.31. The number of nitrogens with zero attached hydrogens (tertiary/aromatic N) is 1. The van der Waals surface area contributed by atoms with E-state index in [0.717, 1.165) is 24.8 Å². The van der Waals surface area contributed by atoms with Crippen molar-refractivity contribution in [2.24, 2.45) is 23.7 Å². The van der Waals surface area contributed by atoms with E-state index in [1.807, 2.05) is 6.92 Å². The van der Waals surface area contributed by atoms with Crippen molar-refractivity contribution in [2.45, 2.75) is 31.1 Å². The molecule has 1 saturated heterocycles. The van der Waals surface area contributed by atoms with Gasteiger partial charge in [0, 0.05) is 6.07 Å². The first-order valence-electron chi connectivity index (χ1n) is 9.84. The van der Waals surface area contributed by atoms with Crippen molar-refractivity contribution in [1.29, 1.82) is 0 Å². The summed E-state index contributed by atoms with van der Waals surface area (Å²) < 4.78 is 30.4. The minimum Gasteiger partial charge on any atom is -0.379 e. The Bertz CT molecular complexity index is 1080. The number of imide groups is 1. The molecule has 2 bridgehead atoms. The zero-order valence-electron chi connectivity index (χ0n) is 15.9. The third kappa shape index (κ3) is 2.87. The lowest BCUT2D eigenvalue weighted by Gasteiger charge is -2.19. The Morgan fingerprint density at radius 3 is 2.17 bits per heavy atom. The van der Waals surface area contributed by atoms with Gasteiger partial charge < -0.3 is 4.18 Å². The Morgan fingerprint density at radius 1 is 0.931 bits per heavy atom. The van der Waals surface area contributed by atoms with E-state index < -0.39 is 10.1 Å². The molecule has 3 aliphatic rings. The SMILES string of the molecule is Cc1ccc(S(=O)(=O)Oc2cccc(N3C(=O)[C@@H]4[C@H]5CC[C@@H](C5)[C@H]4C3=O)c2)cc1. The molecule has 6 nitrogen and oxygen atoms in total. The van der Waals surface area contributed by atoms with Crippen molar-refractivity contribution in [3.63, 3.8) is 0 Å². The Hall–Kier alpha value is -2.67. The maximum absolute atomic E-state index is 13.0. The van der Waals surface area contributed by atoms with Crippen molar-refractivity contribution < 1.29 is 22.2 Å². The van der Waals surface area contributed by atoms with E-state index in [9.17, 15) is 18.0 Å². The highest BCUT2D eigenvalue weighted by molar-refractivity contribution is 7.87. The second-order valence-corrected chi connectivity index (χ2v) is 9.79. The van der Waals surface area contributed by atoms with Crippen LogP contribution < -0.4 is 9.08 Å². The second kappa shape index (κ2) is 6.42. The van der Waals surface area contributed by atoms with Gasteiger partial charge in [-0.2, -0.15) is 8.42 Å². The molecule has 2 aliphatic carbocycles. The summed E-state index contributed by atoms with van der Waals surface area (Å²) in [5.74, 6) is -0.0926. The number of aryl methyl sites for hydroxylation is 1. The molecule has 150 valence electrons. The highest BCUT2D eigenvalue weighted by Crippen LogP contribution is 2.56.